The van der Waals surface area contributed by atoms with E-state index in [9.17, 15) is 14.4 Å². The number of rotatable bonds is 5. The molecule has 0 bridgehead atoms. The van der Waals surface area contributed by atoms with Crippen molar-refractivity contribution in [2.45, 2.75) is 25.4 Å². The Morgan fingerprint density at radius 2 is 2.04 bits per heavy atom. The number of carbonyl (C=O) groups is 2. The van der Waals surface area contributed by atoms with E-state index in [1.54, 1.807) is 9.47 Å². The summed E-state index contributed by atoms with van der Waals surface area (Å²) in [6, 6.07) is 6.97. The molecule has 1 aliphatic rings. The Labute approximate surface area is 158 Å². The SMILES string of the molecule is COC(=O)CCC(C(=O)OC)N1Cc2cc3ccc(Br)cc3n2C1=C=O. The molecule has 1 aromatic carbocycles. The molecular weight excluding hydrogens is 404 g/mol. The molecule has 0 saturated heterocycles. The van der Waals surface area contributed by atoms with E-state index in [0.29, 0.717) is 6.54 Å². The highest BCUT2D eigenvalue weighted by molar-refractivity contribution is 9.10. The summed E-state index contributed by atoms with van der Waals surface area (Å²) in [5, 5.41) is 0.986. The van der Waals surface area contributed by atoms with Gasteiger partial charge in [-0.1, -0.05) is 22.0 Å². The topological polar surface area (TPSA) is 77.8 Å². The lowest BCUT2D eigenvalue weighted by Crippen LogP contribution is -2.39. The van der Waals surface area contributed by atoms with Gasteiger partial charge in [0, 0.05) is 22.0 Å². The van der Waals surface area contributed by atoms with Crippen molar-refractivity contribution in [1.29, 1.82) is 0 Å². The molecule has 2 heterocycles. The maximum Gasteiger partial charge on any atom is 0.328 e. The second-order valence-corrected chi connectivity index (χ2v) is 6.80. The van der Waals surface area contributed by atoms with Crippen LogP contribution in [0.15, 0.2) is 28.7 Å². The maximum atomic E-state index is 12.3. The van der Waals surface area contributed by atoms with Gasteiger partial charge in [0.15, 0.2) is 5.94 Å². The largest absolute Gasteiger partial charge is 0.469 e. The van der Waals surface area contributed by atoms with E-state index in [1.165, 1.54) is 14.2 Å². The number of ether oxygens (including phenoxy) is 2. The van der Waals surface area contributed by atoms with Crippen molar-refractivity contribution in [1.82, 2.24) is 9.47 Å². The van der Waals surface area contributed by atoms with E-state index in [4.69, 9.17) is 4.74 Å². The number of hydrogen-bond acceptors (Lipinski definition) is 6. The number of benzene rings is 1. The van der Waals surface area contributed by atoms with Crippen LogP contribution in [0.4, 0.5) is 0 Å². The van der Waals surface area contributed by atoms with Gasteiger partial charge >= 0.3 is 11.9 Å². The number of halogens is 1. The molecule has 1 atom stereocenters. The van der Waals surface area contributed by atoms with Crippen molar-refractivity contribution in [2.75, 3.05) is 14.2 Å². The highest BCUT2D eigenvalue weighted by Crippen LogP contribution is 2.35. The molecular formula is C18H17BrN2O5. The van der Waals surface area contributed by atoms with Gasteiger partial charge in [-0.05, 0) is 24.6 Å². The number of aromatic nitrogens is 1. The van der Waals surface area contributed by atoms with Crippen molar-refractivity contribution in [3.05, 3.63) is 34.4 Å². The lowest BCUT2D eigenvalue weighted by atomic mass is 10.1. The van der Waals surface area contributed by atoms with Crippen LogP contribution < -0.4 is 0 Å². The molecule has 0 radical (unpaired) electrons. The minimum atomic E-state index is -0.780. The van der Waals surface area contributed by atoms with Crippen LogP contribution in [0.1, 0.15) is 18.5 Å². The average molecular weight is 421 g/mol. The molecule has 1 aromatic heterocycles. The van der Waals surface area contributed by atoms with E-state index < -0.39 is 18.0 Å². The van der Waals surface area contributed by atoms with Crippen molar-refractivity contribution in [2.24, 2.45) is 0 Å². The van der Waals surface area contributed by atoms with E-state index in [-0.39, 0.29) is 18.7 Å². The molecule has 0 fully saturated rings. The third-order valence-corrected chi connectivity index (χ3v) is 4.94. The monoisotopic (exact) mass is 420 g/mol. The third kappa shape index (κ3) is 3.13. The van der Waals surface area contributed by atoms with Crippen LogP contribution >= 0.6 is 15.9 Å². The minimum Gasteiger partial charge on any atom is -0.469 e. The summed E-state index contributed by atoms with van der Waals surface area (Å²) in [6.45, 7) is 0.345. The van der Waals surface area contributed by atoms with Gasteiger partial charge in [-0.15, -0.1) is 0 Å². The van der Waals surface area contributed by atoms with Gasteiger partial charge in [0.2, 0.25) is 5.82 Å². The Morgan fingerprint density at radius 1 is 1.27 bits per heavy atom. The first-order chi connectivity index (χ1) is 12.5. The number of fused-ring (bicyclic) bond motifs is 3. The summed E-state index contributed by atoms with van der Waals surface area (Å²) in [5.74, 6) is 1.23. The Hall–Kier alpha value is -2.57. The summed E-state index contributed by atoms with van der Waals surface area (Å²) in [4.78, 5) is 37.1. The van der Waals surface area contributed by atoms with Crippen LogP contribution in [0.5, 0.6) is 0 Å². The highest BCUT2D eigenvalue weighted by Gasteiger charge is 2.36. The number of carbonyl (C=O) groups excluding carboxylic acids is 3. The van der Waals surface area contributed by atoms with Crippen LogP contribution in [0.3, 0.4) is 0 Å². The second-order valence-electron chi connectivity index (χ2n) is 5.88. The molecule has 3 rings (SSSR count). The first-order valence-corrected chi connectivity index (χ1v) is 8.76. The van der Waals surface area contributed by atoms with E-state index in [2.05, 4.69) is 20.7 Å². The zero-order valence-electron chi connectivity index (χ0n) is 14.3. The Kier molecular flexibility index (Phi) is 5.15. The molecule has 1 aliphatic heterocycles. The fraction of sp³-hybridized carbons (Fsp3) is 0.333. The maximum absolute atomic E-state index is 12.3. The van der Waals surface area contributed by atoms with Gasteiger partial charge in [0.25, 0.3) is 0 Å². The molecule has 0 amide bonds. The van der Waals surface area contributed by atoms with E-state index in [0.717, 1.165) is 21.1 Å². The van der Waals surface area contributed by atoms with Gasteiger partial charge < -0.3 is 14.4 Å². The highest BCUT2D eigenvalue weighted by atomic mass is 79.9. The van der Waals surface area contributed by atoms with Gasteiger partial charge in [-0.3, -0.25) is 9.36 Å². The van der Waals surface area contributed by atoms with E-state index >= 15 is 0 Å². The Morgan fingerprint density at radius 3 is 2.69 bits per heavy atom. The average Bonchev–Trinajstić information content (AvgIpc) is 3.16. The fourth-order valence-corrected chi connectivity index (χ4v) is 3.58. The van der Waals surface area contributed by atoms with Crippen LogP contribution in [0.2, 0.25) is 0 Å². The number of methoxy groups -OCH3 is 2. The minimum absolute atomic E-state index is 0.0418. The zero-order chi connectivity index (χ0) is 18.8. The van der Waals surface area contributed by atoms with Crippen molar-refractivity contribution >= 4 is 50.5 Å². The van der Waals surface area contributed by atoms with E-state index in [1.807, 2.05) is 30.2 Å². The molecule has 7 nitrogen and oxygen atoms in total. The second kappa shape index (κ2) is 7.35. The quantitative estimate of drug-likeness (QED) is 0.545. The fourth-order valence-electron chi connectivity index (χ4n) is 3.23. The first kappa shape index (κ1) is 18.2. The molecule has 8 heteroatoms. The molecule has 0 N–H and O–H groups in total. The van der Waals surface area contributed by atoms with Crippen LogP contribution in [-0.4, -0.2) is 47.6 Å². The number of esters is 2. The Balaban J connectivity index is 1.98. The van der Waals surface area contributed by atoms with Crippen molar-refractivity contribution in [3.63, 3.8) is 0 Å². The van der Waals surface area contributed by atoms with Crippen molar-refractivity contribution < 1.29 is 23.9 Å². The summed E-state index contributed by atoms with van der Waals surface area (Å²) in [7, 11) is 2.57. The molecule has 2 aromatic rings. The molecule has 1 unspecified atom stereocenters. The summed E-state index contributed by atoms with van der Waals surface area (Å²) >= 11 is 3.43. The molecule has 0 spiro atoms. The van der Waals surface area contributed by atoms with Gasteiger partial charge in [0.05, 0.1) is 26.3 Å². The molecule has 0 aliphatic carbocycles. The predicted molar refractivity (Wildman–Crippen MR) is 97.6 cm³/mol. The molecule has 0 saturated carbocycles. The summed E-state index contributed by atoms with van der Waals surface area (Å²) in [5.41, 5.74) is 1.70. The van der Waals surface area contributed by atoms with Crippen LogP contribution in [0.25, 0.3) is 16.7 Å². The predicted octanol–water partition coefficient (Wildman–Crippen LogP) is 2.34. The van der Waals surface area contributed by atoms with Gasteiger partial charge in [-0.2, -0.15) is 0 Å². The van der Waals surface area contributed by atoms with Crippen LogP contribution in [0, 0.1) is 0 Å². The number of hydrogen-bond donors (Lipinski definition) is 0. The lowest BCUT2D eigenvalue weighted by molar-refractivity contribution is -0.147. The summed E-state index contributed by atoms with van der Waals surface area (Å²) < 4.78 is 12.2. The third-order valence-electron chi connectivity index (χ3n) is 4.45. The first-order valence-electron chi connectivity index (χ1n) is 7.96. The van der Waals surface area contributed by atoms with Gasteiger partial charge in [-0.25, -0.2) is 9.59 Å². The smallest absolute Gasteiger partial charge is 0.328 e. The summed E-state index contributed by atoms with van der Waals surface area (Å²) in [6.07, 6.45) is 0.219. The molecule has 26 heavy (non-hydrogen) atoms. The van der Waals surface area contributed by atoms with Gasteiger partial charge in [0.1, 0.15) is 6.04 Å². The van der Waals surface area contributed by atoms with Crippen molar-refractivity contribution in [3.8, 4) is 0 Å². The molecule has 136 valence electrons. The Bertz CT molecular complexity index is 929. The number of nitrogens with zero attached hydrogens (tertiary/aromatic N) is 2. The standard InChI is InChI=1S/C18H17BrN2O5/c1-25-17(23)6-5-14(18(24)26-2)20-9-13-7-11-3-4-12(19)8-15(11)21(13)16(20)10-22/h3-4,7-8,14H,5-6,9H2,1-2H3. The van der Waals surface area contributed by atoms with Crippen LogP contribution in [-0.2, 0) is 30.4 Å². The zero-order valence-corrected chi connectivity index (χ0v) is 15.9. The normalized spacial score (nSPS) is 14.1. The lowest BCUT2D eigenvalue weighted by Gasteiger charge is -2.26.